The van der Waals surface area contributed by atoms with E-state index in [1.807, 2.05) is 6.07 Å². The van der Waals surface area contributed by atoms with E-state index in [0.717, 1.165) is 68.9 Å². The Bertz CT molecular complexity index is 1440. The van der Waals surface area contributed by atoms with E-state index in [1.165, 1.54) is 18.4 Å². The van der Waals surface area contributed by atoms with Gasteiger partial charge in [0.25, 0.3) is 10.4 Å². The number of hydrogen-bond donors (Lipinski definition) is 1. The summed E-state index contributed by atoms with van der Waals surface area (Å²) in [7, 11) is -4.86. The molecule has 5 nitrogen and oxygen atoms in total. The van der Waals surface area contributed by atoms with Crippen molar-refractivity contribution in [2.24, 2.45) is 45.3 Å². The van der Waals surface area contributed by atoms with Gasteiger partial charge in [0.15, 0.2) is 0 Å². The number of hydrogen-bond acceptors (Lipinski definition) is 5. The summed E-state index contributed by atoms with van der Waals surface area (Å²) in [4.78, 5) is 0. The van der Waals surface area contributed by atoms with Crippen molar-refractivity contribution in [3.63, 3.8) is 0 Å². The molecular formula is C37H55NaO5S. The van der Waals surface area contributed by atoms with E-state index in [2.05, 4.69) is 61.5 Å². The summed E-state index contributed by atoms with van der Waals surface area (Å²) in [6, 6.07) is 3.61. The van der Waals surface area contributed by atoms with Gasteiger partial charge in [0.2, 0.25) is 0 Å². The van der Waals surface area contributed by atoms with Crippen LogP contribution in [0, 0.1) is 52.3 Å². The molecule has 1 aromatic rings. The van der Waals surface area contributed by atoms with Crippen molar-refractivity contribution in [1.82, 2.24) is 0 Å². The molecule has 44 heavy (non-hydrogen) atoms. The number of benzene rings is 1. The van der Waals surface area contributed by atoms with E-state index < -0.39 is 10.4 Å². The molecule has 0 aliphatic heterocycles. The van der Waals surface area contributed by atoms with Crippen LogP contribution in [0.2, 0.25) is 0 Å². The van der Waals surface area contributed by atoms with Gasteiger partial charge in [-0.3, -0.25) is 0 Å². The molecular weight excluding hydrogens is 579 g/mol. The minimum absolute atomic E-state index is 0. The summed E-state index contributed by atoms with van der Waals surface area (Å²) in [6.45, 7) is 19.1. The van der Waals surface area contributed by atoms with Crippen LogP contribution in [0.15, 0.2) is 23.8 Å². The quantitative estimate of drug-likeness (QED) is 0.202. The second-order valence-corrected chi connectivity index (χ2v) is 18.2. The van der Waals surface area contributed by atoms with E-state index in [1.54, 1.807) is 11.6 Å². The fraction of sp³-hybridized carbons (Fsp3) is 0.784. The van der Waals surface area contributed by atoms with Gasteiger partial charge in [-0.2, -0.15) is 0 Å². The van der Waals surface area contributed by atoms with Crippen LogP contribution in [0.25, 0.3) is 0 Å². The molecule has 240 valence electrons. The fourth-order valence-corrected chi connectivity index (χ4v) is 13.0. The number of aryl methyl sites for hydroxylation is 1. The summed E-state index contributed by atoms with van der Waals surface area (Å²) in [6.07, 6.45) is 14.0. The van der Waals surface area contributed by atoms with Gasteiger partial charge in [-0.1, -0.05) is 59.3 Å². The maximum Gasteiger partial charge on any atom is 1.00 e. The van der Waals surface area contributed by atoms with Gasteiger partial charge in [0, 0.05) is 11.0 Å². The predicted molar refractivity (Wildman–Crippen MR) is 171 cm³/mol. The molecule has 6 rings (SSSR count). The van der Waals surface area contributed by atoms with Crippen molar-refractivity contribution in [1.29, 1.82) is 0 Å². The van der Waals surface area contributed by atoms with E-state index in [9.17, 15) is 18.1 Å². The van der Waals surface area contributed by atoms with E-state index in [4.69, 9.17) is 4.18 Å². The van der Waals surface area contributed by atoms with Crippen molar-refractivity contribution in [2.45, 2.75) is 138 Å². The van der Waals surface area contributed by atoms with Crippen LogP contribution in [0.4, 0.5) is 0 Å². The van der Waals surface area contributed by atoms with Crippen LogP contribution < -0.4 is 33.7 Å². The molecule has 0 radical (unpaired) electrons. The van der Waals surface area contributed by atoms with E-state index >= 15 is 0 Å². The Morgan fingerprint density at radius 3 is 2.20 bits per heavy atom. The third-order valence-electron chi connectivity index (χ3n) is 14.8. The minimum atomic E-state index is -4.86. The molecule has 0 heterocycles. The van der Waals surface area contributed by atoms with Gasteiger partial charge in [0.05, 0.1) is 6.10 Å². The largest absolute Gasteiger partial charge is 1.00 e. The van der Waals surface area contributed by atoms with Gasteiger partial charge in [-0.25, -0.2) is 8.42 Å². The van der Waals surface area contributed by atoms with Crippen molar-refractivity contribution in [2.75, 3.05) is 0 Å². The minimum Gasteiger partial charge on any atom is -0.716 e. The van der Waals surface area contributed by atoms with E-state index in [0.29, 0.717) is 29.1 Å². The summed E-state index contributed by atoms with van der Waals surface area (Å²) in [5, 5.41) is 11.7. The van der Waals surface area contributed by atoms with Crippen molar-refractivity contribution >= 4 is 10.4 Å². The van der Waals surface area contributed by atoms with Gasteiger partial charge in [-0.05, 0) is 147 Å². The van der Waals surface area contributed by atoms with Crippen LogP contribution in [-0.2, 0) is 22.2 Å². The van der Waals surface area contributed by atoms with Crippen LogP contribution in [0.1, 0.15) is 129 Å². The second-order valence-electron chi connectivity index (χ2n) is 17.2. The summed E-state index contributed by atoms with van der Waals surface area (Å²) < 4.78 is 40.3. The summed E-state index contributed by atoms with van der Waals surface area (Å²) in [5.41, 5.74) is 5.06. The Balaban J connectivity index is 0.00000384. The van der Waals surface area contributed by atoms with Crippen LogP contribution in [-0.4, -0.2) is 24.2 Å². The molecule has 0 spiro atoms. The zero-order valence-corrected chi connectivity index (χ0v) is 31.7. The Hall–Kier alpha value is -0.370. The number of allylic oxidation sites excluding steroid dienone is 2. The molecule has 5 aliphatic rings. The van der Waals surface area contributed by atoms with Gasteiger partial charge < -0.3 is 13.8 Å². The SMILES string of the molecule is CC1=CCCC(C)(C)[C@@H]1CC[C@@]1(C)[C@@H]2CC[C@]3(C)[C@H](CC[C@]4(C)c5c(OS(=O)(=O)[O-])ccc(C)c5C[C@@H]34)[C@@]2(C)CC[C@@H]1O.[Na+]. The third-order valence-corrected chi connectivity index (χ3v) is 15.2. The zero-order valence-electron chi connectivity index (χ0n) is 28.9. The van der Waals surface area contributed by atoms with Crippen molar-refractivity contribution in [3.8, 4) is 5.75 Å². The predicted octanol–water partition coefficient (Wildman–Crippen LogP) is 5.42. The second kappa shape index (κ2) is 11.4. The molecule has 1 N–H and O–H groups in total. The van der Waals surface area contributed by atoms with E-state index in [-0.39, 0.29) is 63.1 Å². The average Bonchev–Trinajstić information content (AvgIpc) is 3.22. The Kier molecular flexibility index (Phi) is 9.03. The maximum atomic E-state index is 11.7. The molecule has 0 unspecified atom stereocenters. The number of rotatable bonds is 5. The first-order chi connectivity index (χ1) is 19.9. The molecule has 0 amide bonds. The molecule has 0 bridgehead atoms. The number of fused-ring (bicyclic) bond motifs is 7. The first-order valence-corrected chi connectivity index (χ1v) is 18.3. The molecule has 5 aliphatic carbocycles. The first-order valence-electron chi connectivity index (χ1n) is 17.0. The number of aliphatic hydroxyl groups is 1. The van der Waals surface area contributed by atoms with Gasteiger partial charge >= 0.3 is 29.6 Å². The molecule has 9 atom stereocenters. The first kappa shape index (κ1) is 35.0. The summed E-state index contributed by atoms with van der Waals surface area (Å²) in [5.74, 6) is 2.21. The van der Waals surface area contributed by atoms with Crippen molar-refractivity contribution < 1.29 is 51.8 Å². The summed E-state index contributed by atoms with van der Waals surface area (Å²) >= 11 is 0. The van der Waals surface area contributed by atoms with Gasteiger partial charge in [-0.15, -0.1) is 0 Å². The topological polar surface area (TPSA) is 86.7 Å². The van der Waals surface area contributed by atoms with Crippen LogP contribution in [0.3, 0.4) is 0 Å². The molecule has 1 aromatic carbocycles. The van der Waals surface area contributed by atoms with Crippen LogP contribution in [0.5, 0.6) is 5.75 Å². The Labute approximate surface area is 289 Å². The smallest absolute Gasteiger partial charge is 0.716 e. The van der Waals surface area contributed by atoms with Crippen molar-refractivity contribution in [3.05, 3.63) is 40.5 Å². The van der Waals surface area contributed by atoms with Gasteiger partial charge in [0.1, 0.15) is 5.75 Å². The number of aliphatic hydroxyl groups excluding tert-OH is 1. The third kappa shape index (κ3) is 5.23. The molecule has 3 fully saturated rings. The molecule has 7 heteroatoms. The zero-order chi connectivity index (χ0) is 31.4. The molecule has 0 aromatic heterocycles. The maximum absolute atomic E-state index is 11.7. The Morgan fingerprint density at radius 1 is 0.909 bits per heavy atom. The Morgan fingerprint density at radius 2 is 1.55 bits per heavy atom. The normalized spacial score (nSPS) is 42.6. The average molecular weight is 635 g/mol. The standard InChI is InChI=1S/C37H56O5S.Na/c1-23-11-12-27(42-43(39,40)41)32-25(23)22-30-35(6)19-14-29-34(5,28(35)15-20-37(30,32)8)21-16-31(38)36(29,7)18-13-26-24(2)10-9-17-33(26,3)4;/h10-12,26,28-31,38H,9,13-22H2,1-8H3,(H,39,40,41);/q;+1/p-1/t26-,28-,29-,30+,31+,34-,35-,36+,37+;/m1./s1. The molecule has 0 saturated heterocycles. The molecule has 3 saturated carbocycles. The monoisotopic (exact) mass is 634 g/mol. The van der Waals surface area contributed by atoms with Crippen LogP contribution >= 0.6 is 0 Å². The fourth-order valence-electron chi connectivity index (χ4n) is 12.6.